The zero-order valence-corrected chi connectivity index (χ0v) is 14.7. The van der Waals surface area contributed by atoms with Gasteiger partial charge >= 0.3 is 0 Å². The summed E-state index contributed by atoms with van der Waals surface area (Å²) in [6, 6.07) is 3.87. The van der Waals surface area contributed by atoms with Crippen LogP contribution in [-0.4, -0.2) is 28.7 Å². The summed E-state index contributed by atoms with van der Waals surface area (Å²) in [5.41, 5.74) is -0.222. The van der Waals surface area contributed by atoms with Crippen LogP contribution in [-0.2, 0) is 4.79 Å². The Morgan fingerprint density at radius 3 is 2.08 bits per heavy atom. The Morgan fingerprint density at radius 2 is 1.58 bits per heavy atom. The number of halogens is 4. The number of benzene rings is 2. The third-order valence-electron chi connectivity index (χ3n) is 3.91. The van der Waals surface area contributed by atoms with E-state index in [9.17, 15) is 23.2 Å². The summed E-state index contributed by atoms with van der Waals surface area (Å²) in [6.07, 6.45) is 0. The van der Waals surface area contributed by atoms with Crippen molar-refractivity contribution in [2.75, 3.05) is 5.32 Å². The van der Waals surface area contributed by atoms with E-state index in [1.54, 1.807) is 0 Å². The van der Waals surface area contributed by atoms with Gasteiger partial charge in [-0.25, -0.2) is 8.78 Å². The first-order chi connectivity index (χ1) is 12.2. The van der Waals surface area contributed by atoms with Crippen LogP contribution in [0.15, 0.2) is 30.3 Å². The Bertz CT molecular complexity index is 924. The molecule has 0 aromatic heterocycles. The van der Waals surface area contributed by atoms with Gasteiger partial charge in [-0.15, -0.1) is 0 Å². The minimum atomic E-state index is -1.25. The predicted octanol–water partition coefficient (Wildman–Crippen LogP) is 3.89. The number of hydrogen-bond donors (Lipinski definition) is 1. The average molecular weight is 399 g/mol. The largest absolute Gasteiger partial charge is 0.322 e. The molecular weight excluding hydrogens is 389 g/mol. The second kappa shape index (κ2) is 6.66. The number of imide groups is 1. The van der Waals surface area contributed by atoms with Gasteiger partial charge in [-0.1, -0.05) is 23.2 Å². The number of nitrogens with one attached hydrogen (secondary N) is 1. The summed E-state index contributed by atoms with van der Waals surface area (Å²) in [4.78, 5) is 38.0. The van der Waals surface area contributed by atoms with E-state index in [1.807, 2.05) is 0 Å². The summed E-state index contributed by atoms with van der Waals surface area (Å²) < 4.78 is 26.6. The molecule has 3 rings (SSSR count). The quantitative estimate of drug-likeness (QED) is 0.797. The number of rotatable bonds is 3. The molecular formula is C17H10Cl2F2N2O3. The van der Waals surface area contributed by atoms with Crippen LogP contribution < -0.4 is 5.32 Å². The van der Waals surface area contributed by atoms with Gasteiger partial charge in [0.2, 0.25) is 5.91 Å². The molecule has 9 heteroatoms. The molecule has 1 unspecified atom stereocenters. The monoisotopic (exact) mass is 398 g/mol. The molecule has 5 nitrogen and oxygen atoms in total. The zero-order chi connectivity index (χ0) is 19.2. The molecule has 1 heterocycles. The summed E-state index contributed by atoms with van der Waals surface area (Å²) in [7, 11) is 0. The van der Waals surface area contributed by atoms with E-state index >= 15 is 0 Å². The maximum Gasteiger partial charge on any atom is 0.262 e. The molecule has 0 saturated heterocycles. The van der Waals surface area contributed by atoms with Crippen molar-refractivity contribution in [3.05, 3.63) is 63.1 Å². The lowest BCUT2D eigenvalue weighted by molar-refractivity contribution is -0.119. The lowest BCUT2D eigenvalue weighted by Gasteiger charge is -2.21. The van der Waals surface area contributed by atoms with Crippen LogP contribution in [0, 0.1) is 11.6 Å². The third kappa shape index (κ3) is 3.04. The number of fused-ring (bicyclic) bond motifs is 1. The van der Waals surface area contributed by atoms with Gasteiger partial charge in [0, 0.05) is 6.07 Å². The fraction of sp³-hybridized carbons (Fsp3) is 0.118. The Balaban J connectivity index is 1.86. The molecule has 0 radical (unpaired) electrons. The van der Waals surface area contributed by atoms with Crippen LogP contribution in [0.4, 0.5) is 14.5 Å². The number of carbonyl (C=O) groups is 3. The number of hydrogen-bond acceptors (Lipinski definition) is 3. The first kappa shape index (κ1) is 18.3. The maximum atomic E-state index is 13.7. The van der Waals surface area contributed by atoms with Gasteiger partial charge in [0.05, 0.1) is 26.9 Å². The highest BCUT2D eigenvalue weighted by molar-refractivity contribution is 6.43. The predicted molar refractivity (Wildman–Crippen MR) is 91.4 cm³/mol. The minimum Gasteiger partial charge on any atom is -0.322 e. The van der Waals surface area contributed by atoms with Gasteiger partial charge in [0.25, 0.3) is 11.8 Å². The summed E-state index contributed by atoms with van der Waals surface area (Å²) in [6.45, 7) is 1.31. The summed E-state index contributed by atoms with van der Waals surface area (Å²) in [5.74, 6) is -4.03. The highest BCUT2D eigenvalue weighted by Gasteiger charge is 2.41. The summed E-state index contributed by atoms with van der Waals surface area (Å²) in [5, 5.41) is 2.42. The third-order valence-corrected chi connectivity index (χ3v) is 4.64. The van der Waals surface area contributed by atoms with E-state index in [4.69, 9.17) is 23.2 Å². The zero-order valence-electron chi connectivity index (χ0n) is 13.1. The van der Waals surface area contributed by atoms with Gasteiger partial charge in [-0.2, -0.15) is 0 Å². The highest BCUT2D eigenvalue weighted by atomic mass is 35.5. The van der Waals surface area contributed by atoms with Gasteiger partial charge in [0.15, 0.2) is 0 Å². The molecule has 2 aromatic carbocycles. The van der Waals surface area contributed by atoms with Crippen molar-refractivity contribution in [3.8, 4) is 0 Å². The van der Waals surface area contributed by atoms with Crippen molar-refractivity contribution < 1.29 is 23.2 Å². The Morgan fingerprint density at radius 1 is 1.04 bits per heavy atom. The molecule has 1 aliphatic heterocycles. The number of nitrogens with zero attached hydrogens (tertiary/aromatic N) is 1. The fourth-order valence-corrected chi connectivity index (χ4v) is 2.88. The van der Waals surface area contributed by atoms with Crippen molar-refractivity contribution in [2.24, 2.45) is 0 Å². The molecule has 0 bridgehead atoms. The van der Waals surface area contributed by atoms with Crippen molar-refractivity contribution in [2.45, 2.75) is 13.0 Å². The van der Waals surface area contributed by atoms with Crippen molar-refractivity contribution >= 4 is 46.6 Å². The van der Waals surface area contributed by atoms with Crippen molar-refractivity contribution in [1.82, 2.24) is 4.90 Å². The van der Waals surface area contributed by atoms with Crippen LogP contribution in [0.25, 0.3) is 0 Å². The molecule has 26 heavy (non-hydrogen) atoms. The maximum absolute atomic E-state index is 13.7. The van der Waals surface area contributed by atoms with Crippen LogP contribution >= 0.6 is 23.2 Å². The molecule has 0 fully saturated rings. The van der Waals surface area contributed by atoms with E-state index in [1.165, 1.54) is 19.1 Å². The van der Waals surface area contributed by atoms with Crippen LogP contribution in [0.3, 0.4) is 0 Å². The second-order valence-corrected chi connectivity index (χ2v) is 6.40. The van der Waals surface area contributed by atoms with Gasteiger partial charge < -0.3 is 5.32 Å². The Kier molecular flexibility index (Phi) is 4.68. The highest BCUT2D eigenvalue weighted by Crippen LogP contribution is 2.32. The number of carbonyl (C=O) groups excluding carboxylic acids is 3. The molecule has 134 valence electrons. The summed E-state index contributed by atoms with van der Waals surface area (Å²) >= 11 is 11.7. The molecule has 1 atom stereocenters. The lowest BCUT2D eigenvalue weighted by Crippen LogP contribution is -2.45. The molecule has 0 spiro atoms. The van der Waals surface area contributed by atoms with Gasteiger partial charge in [0.1, 0.15) is 17.7 Å². The average Bonchev–Trinajstić information content (AvgIpc) is 2.81. The molecule has 3 amide bonds. The van der Waals surface area contributed by atoms with E-state index < -0.39 is 35.4 Å². The molecule has 2 aromatic rings. The van der Waals surface area contributed by atoms with E-state index in [2.05, 4.69) is 5.32 Å². The van der Waals surface area contributed by atoms with Crippen LogP contribution in [0.2, 0.25) is 10.0 Å². The topological polar surface area (TPSA) is 66.5 Å². The van der Waals surface area contributed by atoms with Crippen LogP contribution in [0.1, 0.15) is 27.6 Å². The smallest absolute Gasteiger partial charge is 0.262 e. The Hall–Kier alpha value is -2.51. The Labute approximate surface area is 156 Å². The first-order valence-electron chi connectivity index (χ1n) is 7.33. The SMILES string of the molecule is CC(C(=O)Nc1ccc(F)cc1F)N1C(=O)c2cc(Cl)c(Cl)cc2C1=O. The second-order valence-electron chi connectivity index (χ2n) is 5.58. The number of anilines is 1. The van der Waals surface area contributed by atoms with Crippen molar-refractivity contribution in [1.29, 1.82) is 0 Å². The number of amides is 3. The molecule has 1 N–H and O–H groups in total. The first-order valence-corrected chi connectivity index (χ1v) is 8.09. The van der Waals surface area contributed by atoms with Gasteiger partial charge in [-0.3, -0.25) is 19.3 Å². The fourth-order valence-electron chi connectivity index (χ4n) is 2.55. The van der Waals surface area contributed by atoms with E-state index in [0.29, 0.717) is 6.07 Å². The normalized spacial score (nSPS) is 14.4. The standard InChI is InChI=1S/C17H10Cl2F2N2O3/c1-7(15(24)22-14-3-2-8(20)4-13(14)21)23-16(25)9-5-11(18)12(19)6-10(9)17(23)26/h2-7H,1H3,(H,22,24). The molecule has 1 aliphatic rings. The van der Waals surface area contributed by atoms with E-state index in [-0.39, 0.29) is 26.9 Å². The van der Waals surface area contributed by atoms with Crippen LogP contribution in [0.5, 0.6) is 0 Å². The van der Waals surface area contributed by atoms with Crippen molar-refractivity contribution in [3.63, 3.8) is 0 Å². The minimum absolute atomic E-state index is 0.0250. The molecule has 0 saturated carbocycles. The molecule has 0 aliphatic carbocycles. The lowest BCUT2D eigenvalue weighted by atomic mass is 10.1. The van der Waals surface area contributed by atoms with Gasteiger partial charge in [-0.05, 0) is 31.2 Å². The van der Waals surface area contributed by atoms with E-state index in [0.717, 1.165) is 17.0 Å².